The van der Waals surface area contributed by atoms with Crippen molar-refractivity contribution in [1.29, 1.82) is 0 Å². The van der Waals surface area contributed by atoms with Gasteiger partial charge >= 0.3 is 10.9 Å². The maximum absolute atomic E-state index is 12.1. The van der Waals surface area contributed by atoms with E-state index >= 15 is 0 Å². The van der Waals surface area contributed by atoms with E-state index in [1.807, 2.05) is 0 Å². The number of H-pyrrole nitrogens is 1. The topological polar surface area (TPSA) is 95.3 Å². The Morgan fingerprint density at radius 3 is 2.53 bits per heavy atom. The van der Waals surface area contributed by atoms with Gasteiger partial charge in [-0.1, -0.05) is 22.8 Å². The predicted molar refractivity (Wildman–Crippen MR) is 54.9 cm³/mol. The quantitative estimate of drug-likeness (QED) is 0.856. The van der Waals surface area contributed by atoms with E-state index in [9.17, 15) is 13.3 Å². The van der Waals surface area contributed by atoms with Crippen LogP contribution in [0.5, 0.6) is 5.88 Å². The highest BCUT2D eigenvalue weighted by Crippen LogP contribution is 2.23. The molecule has 0 fully saturated rings. The number of nitrogens with one attached hydrogen (secondary N) is 1. The summed E-state index contributed by atoms with van der Waals surface area (Å²) in [5, 5.41) is 1.47. The maximum Gasteiger partial charge on any atom is 0.404 e. The summed E-state index contributed by atoms with van der Waals surface area (Å²) in [5.74, 6) is -0.246. The van der Waals surface area contributed by atoms with Gasteiger partial charge in [0.25, 0.3) is 9.84 Å². The van der Waals surface area contributed by atoms with Crippen LogP contribution in [0.1, 0.15) is 0 Å². The van der Waals surface area contributed by atoms with Gasteiger partial charge in [0, 0.05) is 0 Å². The molecule has 0 spiro atoms. The van der Waals surface area contributed by atoms with Gasteiger partial charge in [-0.3, -0.25) is 0 Å². The van der Waals surface area contributed by atoms with E-state index in [4.69, 9.17) is 4.74 Å². The van der Waals surface area contributed by atoms with E-state index in [1.54, 1.807) is 18.2 Å². The molecule has 0 radical (unpaired) electrons. The fourth-order valence-corrected chi connectivity index (χ4v) is 2.65. The normalized spacial score (nSPS) is 11.4. The van der Waals surface area contributed by atoms with E-state index in [0.717, 1.165) is 0 Å². The minimum atomic E-state index is -3.97. The third-order valence-electron chi connectivity index (χ3n) is 2.09. The molecule has 0 atom stereocenters. The van der Waals surface area contributed by atoms with Crippen LogP contribution in [0.4, 0.5) is 0 Å². The van der Waals surface area contributed by atoms with Crippen LogP contribution in [0.25, 0.3) is 0 Å². The molecule has 8 heteroatoms. The van der Waals surface area contributed by atoms with E-state index in [0.29, 0.717) is 0 Å². The molecule has 2 rings (SSSR count). The summed E-state index contributed by atoms with van der Waals surface area (Å²) in [4.78, 5) is 11.3. The first-order valence-corrected chi connectivity index (χ1v) is 6.04. The number of benzene rings is 1. The van der Waals surface area contributed by atoms with Crippen LogP contribution >= 0.6 is 0 Å². The second-order valence-corrected chi connectivity index (χ2v) is 4.97. The van der Waals surface area contributed by atoms with Gasteiger partial charge in [-0.2, -0.15) is 0 Å². The molecule has 1 heterocycles. The number of nitrogens with zero attached hydrogens (tertiary/aromatic N) is 1. The smallest absolute Gasteiger partial charge is 0.404 e. The minimum Gasteiger partial charge on any atom is -0.460 e. The highest BCUT2D eigenvalue weighted by molar-refractivity contribution is 7.91. The summed E-state index contributed by atoms with van der Waals surface area (Å²) >= 11 is 0. The average Bonchev–Trinajstić information content (AvgIpc) is 2.72. The molecule has 0 bridgehead atoms. The maximum atomic E-state index is 12.1. The Bertz CT molecular complexity index is 671. The molecule has 0 unspecified atom stereocenters. The first-order chi connectivity index (χ1) is 8.07. The van der Waals surface area contributed by atoms with Crippen LogP contribution in [0.15, 0.2) is 44.9 Å². The standard InChI is InChI=1S/C9H9N2O5S/c1-15-8-9(11(12)16-10-8)17(13,14)7-5-3-2-4-6-7/h2-6,10H,1H3/q+1. The molecule has 2 aromatic rings. The van der Waals surface area contributed by atoms with E-state index in [1.165, 1.54) is 19.2 Å². The van der Waals surface area contributed by atoms with Crippen LogP contribution in [0.2, 0.25) is 0 Å². The van der Waals surface area contributed by atoms with E-state index < -0.39 is 14.9 Å². The van der Waals surface area contributed by atoms with Gasteiger partial charge in [0.1, 0.15) is 0 Å². The van der Waals surface area contributed by atoms with E-state index in [2.05, 4.69) is 9.79 Å². The summed E-state index contributed by atoms with van der Waals surface area (Å²) in [6.45, 7) is 0. The molecule has 1 aromatic carbocycles. The lowest BCUT2D eigenvalue weighted by molar-refractivity contribution is -0.744. The van der Waals surface area contributed by atoms with Gasteiger partial charge in [0.05, 0.1) is 12.0 Å². The van der Waals surface area contributed by atoms with Gasteiger partial charge in [-0.15, -0.1) is 0 Å². The van der Waals surface area contributed by atoms with Crippen LogP contribution in [0, 0.1) is 4.91 Å². The molecule has 1 aromatic heterocycles. The molecule has 90 valence electrons. The SMILES string of the molecule is COc1[nH]o[n+](=O)c1S(=O)(=O)c1ccccc1. The lowest BCUT2D eigenvalue weighted by Crippen LogP contribution is -2.21. The fraction of sp³-hybridized carbons (Fsp3) is 0.111. The zero-order valence-corrected chi connectivity index (χ0v) is 9.60. The van der Waals surface area contributed by atoms with Crippen molar-refractivity contribution in [3.05, 3.63) is 35.2 Å². The molecule has 17 heavy (non-hydrogen) atoms. The number of aromatic amines is 1. The molecule has 0 aliphatic heterocycles. The number of methoxy groups -OCH3 is 1. The number of rotatable bonds is 3. The largest absolute Gasteiger partial charge is 0.460 e. The number of aromatic nitrogens is 2. The van der Waals surface area contributed by atoms with Crippen molar-refractivity contribution in [1.82, 2.24) is 5.16 Å². The Kier molecular flexibility index (Phi) is 2.72. The third-order valence-corrected chi connectivity index (χ3v) is 3.83. The first kappa shape index (κ1) is 11.4. The van der Waals surface area contributed by atoms with Crippen LogP contribution in [0.3, 0.4) is 0 Å². The van der Waals surface area contributed by atoms with Crippen LogP contribution in [-0.4, -0.2) is 20.7 Å². The average molecular weight is 257 g/mol. The molecule has 0 amide bonds. The van der Waals surface area contributed by atoms with Crippen LogP contribution in [-0.2, 0) is 9.84 Å². The van der Waals surface area contributed by atoms with Gasteiger partial charge in [0.15, 0.2) is 0 Å². The molecule has 0 aliphatic rings. The van der Waals surface area contributed by atoms with Crippen molar-refractivity contribution >= 4 is 9.84 Å². The third kappa shape index (κ3) is 1.82. The zero-order chi connectivity index (χ0) is 12.5. The summed E-state index contributed by atoms with van der Waals surface area (Å²) in [5.41, 5.74) is 0. The van der Waals surface area contributed by atoms with Crippen molar-refractivity contribution in [2.75, 3.05) is 7.11 Å². The number of hydrogen-bond acceptors (Lipinski definition) is 5. The predicted octanol–water partition coefficient (Wildman–Crippen LogP) is 0.364. The van der Waals surface area contributed by atoms with Gasteiger partial charge < -0.3 is 4.74 Å². The minimum absolute atomic E-state index is 0.0160. The molecular formula is C9H9N2O5S+. The van der Waals surface area contributed by atoms with Gasteiger partial charge in [0.2, 0.25) is 4.60 Å². The monoisotopic (exact) mass is 257 g/mol. The van der Waals surface area contributed by atoms with Crippen LogP contribution < -0.4 is 9.34 Å². The molecule has 7 nitrogen and oxygen atoms in total. The van der Waals surface area contributed by atoms with Crippen molar-refractivity contribution in [2.24, 2.45) is 0 Å². The number of hydrogen-bond donors (Lipinski definition) is 1. The molecule has 0 saturated carbocycles. The molecule has 1 N–H and O–H groups in total. The number of ether oxygens (including phenoxy) is 1. The van der Waals surface area contributed by atoms with Crippen molar-refractivity contribution < 1.29 is 22.4 Å². The summed E-state index contributed by atoms with van der Waals surface area (Å²) < 4.78 is 33.1. The second kappa shape index (κ2) is 4.06. The second-order valence-electron chi connectivity index (χ2n) is 3.11. The highest BCUT2D eigenvalue weighted by Gasteiger charge is 2.36. The Hall–Kier alpha value is -2.09. The molecular weight excluding hydrogens is 248 g/mol. The lowest BCUT2D eigenvalue weighted by atomic mass is 10.4. The molecule has 0 aliphatic carbocycles. The zero-order valence-electron chi connectivity index (χ0n) is 8.78. The van der Waals surface area contributed by atoms with Crippen molar-refractivity contribution in [2.45, 2.75) is 9.92 Å². The Morgan fingerprint density at radius 1 is 1.29 bits per heavy atom. The Morgan fingerprint density at radius 2 is 1.94 bits per heavy atom. The highest BCUT2D eigenvalue weighted by atomic mass is 32.2. The lowest BCUT2D eigenvalue weighted by Gasteiger charge is -1.97. The Labute approximate surface area is 96.1 Å². The summed E-state index contributed by atoms with van der Waals surface area (Å²) in [6, 6.07) is 7.53. The molecule has 0 saturated heterocycles. The summed E-state index contributed by atoms with van der Waals surface area (Å²) in [7, 11) is -2.74. The summed E-state index contributed by atoms with van der Waals surface area (Å²) in [6.07, 6.45) is 0. The van der Waals surface area contributed by atoms with E-state index in [-0.39, 0.29) is 15.4 Å². The van der Waals surface area contributed by atoms with Gasteiger partial charge in [-0.05, 0) is 22.2 Å². The van der Waals surface area contributed by atoms with Crippen molar-refractivity contribution in [3.8, 4) is 5.88 Å². The number of sulfone groups is 1. The fourth-order valence-electron chi connectivity index (χ4n) is 1.31. The Balaban J connectivity index is 2.69. The first-order valence-electron chi connectivity index (χ1n) is 4.56. The van der Waals surface area contributed by atoms with Crippen molar-refractivity contribution in [3.63, 3.8) is 0 Å². The van der Waals surface area contributed by atoms with Gasteiger partial charge in [-0.25, -0.2) is 8.42 Å².